The topological polar surface area (TPSA) is 66.4 Å². The van der Waals surface area contributed by atoms with Gasteiger partial charge in [-0.3, -0.25) is 9.59 Å². The van der Waals surface area contributed by atoms with Crippen molar-refractivity contribution in [1.29, 1.82) is 0 Å². The second-order valence-electron chi connectivity index (χ2n) is 3.13. The fourth-order valence-corrected chi connectivity index (χ4v) is 1.59. The molecule has 1 rings (SSSR count). The first kappa shape index (κ1) is 9.19. The monoisotopic (exact) mass is 171 g/mol. The lowest BCUT2D eigenvalue weighted by Gasteiger charge is -2.27. The molecule has 4 nitrogen and oxygen atoms in total. The highest BCUT2D eigenvalue weighted by Gasteiger charge is 2.33. The SMILES string of the molecule is CC(=O)[C@@H]1CCCN[C@H]1C(=O)O. The summed E-state index contributed by atoms with van der Waals surface area (Å²) in [5.41, 5.74) is 0. The van der Waals surface area contributed by atoms with Gasteiger partial charge in [0.15, 0.2) is 0 Å². The zero-order chi connectivity index (χ0) is 9.14. The maximum atomic E-state index is 11.0. The molecule has 0 saturated carbocycles. The number of hydrogen-bond acceptors (Lipinski definition) is 3. The standard InChI is InChI=1S/C8H13NO3/c1-5(10)6-3-2-4-9-7(6)8(11)12/h6-7,9H,2-4H2,1H3,(H,11,12)/t6-,7+/m0/s1. The van der Waals surface area contributed by atoms with Gasteiger partial charge in [0, 0.05) is 5.92 Å². The molecule has 0 aromatic heterocycles. The minimum Gasteiger partial charge on any atom is -0.480 e. The first-order valence-electron chi connectivity index (χ1n) is 4.09. The van der Waals surface area contributed by atoms with Crippen LogP contribution >= 0.6 is 0 Å². The van der Waals surface area contributed by atoms with Crippen molar-refractivity contribution in [2.24, 2.45) is 5.92 Å². The summed E-state index contributed by atoms with van der Waals surface area (Å²) >= 11 is 0. The van der Waals surface area contributed by atoms with Crippen molar-refractivity contribution in [3.63, 3.8) is 0 Å². The van der Waals surface area contributed by atoms with Crippen molar-refractivity contribution in [3.05, 3.63) is 0 Å². The molecule has 4 heteroatoms. The molecular formula is C8H13NO3. The van der Waals surface area contributed by atoms with Crippen molar-refractivity contribution in [3.8, 4) is 0 Å². The molecule has 1 heterocycles. The zero-order valence-electron chi connectivity index (χ0n) is 7.04. The number of carboxylic acids is 1. The molecular weight excluding hydrogens is 158 g/mol. The molecule has 0 bridgehead atoms. The fourth-order valence-electron chi connectivity index (χ4n) is 1.59. The number of ketones is 1. The van der Waals surface area contributed by atoms with Gasteiger partial charge >= 0.3 is 5.97 Å². The van der Waals surface area contributed by atoms with Crippen molar-refractivity contribution in [2.45, 2.75) is 25.8 Å². The molecule has 2 N–H and O–H groups in total. The van der Waals surface area contributed by atoms with Crippen LogP contribution in [0, 0.1) is 5.92 Å². The Morgan fingerprint density at radius 2 is 2.17 bits per heavy atom. The molecule has 0 spiro atoms. The van der Waals surface area contributed by atoms with Crippen LogP contribution in [-0.4, -0.2) is 29.4 Å². The number of carbonyl (C=O) groups is 2. The fraction of sp³-hybridized carbons (Fsp3) is 0.750. The average Bonchev–Trinajstić information content (AvgIpc) is 2.04. The van der Waals surface area contributed by atoms with Gasteiger partial charge < -0.3 is 10.4 Å². The number of piperidine rings is 1. The van der Waals surface area contributed by atoms with Crippen molar-refractivity contribution >= 4 is 11.8 Å². The van der Waals surface area contributed by atoms with Gasteiger partial charge in [-0.1, -0.05) is 0 Å². The molecule has 0 aromatic rings. The third-order valence-corrected chi connectivity index (χ3v) is 2.25. The van der Waals surface area contributed by atoms with Crippen LogP contribution in [0.1, 0.15) is 19.8 Å². The Morgan fingerprint density at radius 1 is 1.50 bits per heavy atom. The normalized spacial score (nSPS) is 29.8. The molecule has 0 unspecified atom stereocenters. The van der Waals surface area contributed by atoms with E-state index in [1.54, 1.807) is 0 Å². The van der Waals surface area contributed by atoms with E-state index in [4.69, 9.17) is 5.11 Å². The van der Waals surface area contributed by atoms with E-state index in [1.807, 2.05) is 0 Å². The highest BCUT2D eigenvalue weighted by Crippen LogP contribution is 2.17. The van der Waals surface area contributed by atoms with E-state index < -0.39 is 12.0 Å². The van der Waals surface area contributed by atoms with E-state index in [2.05, 4.69) is 5.32 Å². The maximum Gasteiger partial charge on any atom is 0.321 e. The molecule has 0 aliphatic carbocycles. The molecule has 1 fully saturated rings. The number of hydrogen-bond donors (Lipinski definition) is 2. The van der Waals surface area contributed by atoms with Crippen LogP contribution in [0.25, 0.3) is 0 Å². The predicted molar refractivity (Wildman–Crippen MR) is 42.8 cm³/mol. The van der Waals surface area contributed by atoms with Crippen LogP contribution in [-0.2, 0) is 9.59 Å². The van der Waals surface area contributed by atoms with Crippen molar-refractivity contribution in [2.75, 3.05) is 6.54 Å². The number of carboxylic acid groups (broad SMARTS) is 1. The Kier molecular flexibility index (Phi) is 2.81. The first-order valence-corrected chi connectivity index (χ1v) is 4.09. The van der Waals surface area contributed by atoms with Gasteiger partial charge in [-0.15, -0.1) is 0 Å². The number of Topliss-reactive ketones (excluding diaryl/α,β-unsaturated/α-hetero) is 1. The third-order valence-electron chi connectivity index (χ3n) is 2.25. The van der Waals surface area contributed by atoms with Gasteiger partial charge in [0.25, 0.3) is 0 Å². The molecule has 2 atom stereocenters. The second kappa shape index (κ2) is 3.67. The van der Waals surface area contributed by atoms with Gasteiger partial charge in [0.05, 0.1) is 0 Å². The van der Waals surface area contributed by atoms with Crippen LogP contribution < -0.4 is 5.32 Å². The number of aliphatic carboxylic acids is 1. The second-order valence-corrected chi connectivity index (χ2v) is 3.13. The Bertz CT molecular complexity index is 180. The molecule has 0 aromatic carbocycles. The summed E-state index contributed by atoms with van der Waals surface area (Å²) < 4.78 is 0. The van der Waals surface area contributed by atoms with Crippen molar-refractivity contribution in [1.82, 2.24) is 5.32 Å². The van der Waals surface area contributed by atoms with Gasteiger partial charge in [-0.05, 0) is 26.3 Å². The maximum absolute atomic E-state index is 11.0. The quantitative estimate of drug-likeness (QED) is 0.615. The molecule has 0 amide bonds. The minimum absolute atomic E-state index is 0.0328. The molecule has 1 aliphatic rings. The number of rotatable bonds is 2. The minimum atomic E-state index is -0.921. The molecule has 1 aliphatic heterocycles. The summed E-state index contributed by atoms with van der Waals surface area (Å²) in [6, 6.07) is -0.670. The molecule has 68 valence electrons. The lowest BCUT2D eigenvalue weighted by Crippen LogP contribution is -2.49. The average molecular weight is 171 g/mol. The number of nitrogens with one attached hydrogen (secondary N) is 1. The van der Waals surface area contributed by atoms with Crippen LogP contribution in [0.5, 0.6) is 0 Å². The Morgan fingerprint density at radius 3 is 2.58 bits per heavy atom. The van der Waals surface area contributed by atoms with Gasteiger partial charge in [0.2, 0.25) is 0 Å². The highest BCUT2D eigenvalue weighted by atomic mass is 16.4. The Labute approximate surface area is 71.0 Å². The number of carbonyl (C=O) groups excluding carboxylic acids is 1. The van der Waals surface area contributed by atoms with Crippen LogP contribution in [0.3, 0.4) is 0 Å². The van der Waals surface area contributed by atoms with E-state index in [0.29, 0.717) is 13.0 Å². The molecule has 12 heavy (non-hydrogen) atoms. The van der Waals surface area contributed by atoms with Gasteiger partial charge in [-0.25, -0.2) is 0 Å². The lowest BCUT2D eigenvalue weighted by molar-refractivity contribution is -0.144. The smallest absolute Gasteiger partial charge is 0.321 e. The van der Waals surface area contributed by atoms with E-state index in [-0.39, 0.29) is 11.7 Å². The largest absolute Gasteiger partial charge is 0.480 e. The zero-order valence-corrected chi connectivity index (χ0v) is 7.04. The molecule has 1 saturated heterocycles. The van der Waals surface area contributed by atoms with Gasteiger partial charge in [-0.2, -0.15) is 0 Å². The van der Waals surface area contributed by atoms with E-state index in [0.717, 1.165) is 6.42 Å². The van der Waals surface area contributed by atoms with Crippen LogP contribution in [0.15, 0.2) is 0 Å². The third kappa shape index (κ3) is 1.82. The lowest BCUT2D eigenvalue weighted by atomic mass is 9.88. The van der Waals surface area contributed by atoms with E-state index in [9.17, 15) is 9.59 Å². The van der Waals surface area contributed by atoms with Crippen LogP contribution in [0.2, 0.25) is 0 Å². The van der Waals surface area contributed by atoms with Crippen molar-refractivity contribution < 1.29 is 14.7 Å². The predicted octanol–water partition coefficient (Wildman–Crippen LogP) is 0.0282. The highest BCUT2D eigenvalue weighted by molar-refractivity contribution is 5.86. The van der Waals surface area contributed by atoms with E-state index in [1.165, 1.54) is 6.92 Å². The summed E-state index contributed by atoms with van der Waals surface area (Å²) in [5.74, 6) is -1.29. The van der Waals surface area contributed by atoms with Gasteiger partial charge in [0.1, 0.15) is 11.8 Å². The summed E-state index contributed by atoms with van der Waals surface area (Å²) in [7, 11) is 0. The Balaban J connectivity index is 2.67. The summed E-state index contributed by atoms with van der Waals surface area (Å²) in [6.45, 7) is 2.15. The molecule has 0 radical (unpaired) electrons. The summed E-state index contributed by atoms with van der Waals surface area (Å²) in [4.78, 5) is 21.7. The van der Waals surface area contributed by atoms with E-state index >= 15 is 0 Å². The van der Waals surface area contributed by atoms with Crippen LogP contribution in [0.4, 0.5) is 0 Å². The Hall–Kier alpha value is -0.900. The first-order chi connectivity index (χ1) is 5.63. The summed E-state index contributed by atoms with van der Waals surface area (Å²) in [6.07, 6.45) is 1.58. The summed E-state index contributed by atoms with van der Waals surface area (Å²) in [5, 5.41) is 11.6.